The summed E-state index contributed by atoms with van der Waals surface area (Å²) in [7, 11) is -3.50. The lowest BCUT2D eigenvalue weighted by Crippen LogP contribution is -1.94. The predicted molar refractivity (Wildman–Crippen MR) is 47.9 cm³/mol. The van der Waals surface area contributed by atoms with Crippen LogP contribution < -0.4 is 0 Å². The van der Waals surface area contributed by atoms with E-state index in [0.717, 1.165) is 5.56 Å². The lowest BCUT2D eigenvalue weighted by Gasteiger charge is -1.97. The highest BCUT2D eigenvalue weighted by Crippen LogP contribution is 2.11. The molecule has 1 aromatic rings. The van der Waals surface area contributed by atoms with Crippen LogP contribution in [0.15, 0.2) is 33.6 Å². The number of nitrogens with zero attached hydrogens (tertiary/aromatic N) is 1. The van der Waals surface area contributed by atoms with Crippen LogP contribution in [0.1, 0.15) is 5.56 Å². The summed E-state index contributed by atoms with van der Waals surface area (Å²) in [5.41, 5.74) is 1.01. The van der Waals surface area contributed by atoms with E-state index in [1.165, 1.54) is 12.1 Å². The van der Waals surface area contributed by atoms with E-state index in [-0.39, 0.29) is 4.90 Å². The monoisotopic (exact) mass is 183 g/mol. The number of benzene rings is 1. The van der Waals surface area contributed by atoms with E-state index >= 15 is 0 Å². The van der Waals surface area contributed by atoms with E-state index in [9.17, 15) is 8.42 Å². The third-order valence-electron chi connectivity index (χ3n) is 1.49. The van der Waals surface area contributed by atoms with Crippen molar-refractivity contribution in [3.63, 3.8) is 0 Å². The fourth-order valence-electron chi connectivity index (χ4n) is 0.785. The Morgan fingerprint density at radius 2 is 1.75 bits per heavy atom. The molecule has 1 rings (SSSR count). The number of sulfonamides is 1. The molecular formula is C8H9NO2S. The SMILES string of the molecule is C=NS(=O)(=O)c1ccc(C)cc1. The lowest BCUT2D eigenvalue weighted by atomic mass is 10.2. The second-order valence-corrected chi connectivity index (χ2v) is 4.10. The first-order chi connectivity index (χ1) is 5.56. The quantitative estimate of drug-likeness (QED) is 0.650. The zero-order chi connectivity index (χ0) is 9.19. The Kier molecular flexibility index (Phi) is 2.28. The fourth-order valence-corrected chi connectivity index (χ4v) is 1.41. The van der Waals surface area contributed by atoms with Gasteiger partial charge in [0.15, 0.2) is 0 Å². The summed E-state index contributed by atoms with van der Waals surface area (Å²) in [4.78, 5) is 0.183. The van der Waals surface area contributed by atoms with E-state index in [0.29, 0.717) is 0 Å². The molecule has 64 valence electrons. The third kappa shape index (κ3) is 1.71. The maximum Gasteiger partial charge on any atom is 0.281 e. The molecule has 3 nitrogen and oxygen atoms in total. The summed E-state index contributed by atoms with van der Waals surface area (Å²) < 4.78 is 25.2. The standard InChI is InChI=1S/C8H9NO2S/c1-7-3-5-8(6-4-7)12(10,11)9-2/h3-6H,2H2,1H3. The molecule has 0 heterocycles. The Labute approximate surface area is 71.8 Å². The summed E-state index contributed by atoms with van der Waals surface area (Å²) >= 11 is 0. The fraction of sp³-hybridized carbons (Fsp3) is 0.125. The van der Waals surface area contributed by atoms with Crippen LogP contribution in [0.3, 0.4) is 0 Å². The van der Waals surface area contributed by atoms with Gasteiger partial charge in [-0.3, -0.25) is 0 Å². The largest absolute Gasteiger partial charge is 0.281 e. The minimum atomic E-state index is -3.50. The highest BCUT2D eigenvalue weighted by molar-refractivity contribution is 7.90. The molecule has 0 amide bonds. The van der Waals surface area contributed by atoms with Crippen molar-refractivity contribution in [1.82, 2.24) is 0 Å². The first-order valence-electron chi connectivity index (χ1n) is 3.36. The van der Waals surface area contributed by atoms with Crippen LogP contribution in [0.2, 0.25) is 0 Å². The Hall–Kier alpha value is -1.16. The highest BCUT2D eigenvalue weighted by atomic mass is 32.2. The van der Waals surface area contributed by atoms with Crippen molar-refractivity contribution in [2.75, 3.05) is 0 Å². The minimum Gasteiger partial charge on any atom is -0.199 e. The molecule has 0 atom stereocenters. The number of rotatable bonds is 2. The minimum absolute atomic E-state index is 0.183. The first-order valence-corrected chi connectivity index (χ1v) is 4.80. The Bertz CT molecular complexity index is 378. The zero-order valence-corrected chi connectivity index (χ0v) is 7.50. The van der Waals surface area contributed by atoms with Crippen LogP contribution in [0.4, 0.5) is 0 Å². The van der Waals surface area contributed by atoms with Crippen molar-refractivity contribution < 1.29 is 8.42 Å². The van der Waals surface area contributed by atoms with Gasteiger partial charge in [-0.1, -0.05) is 17.7 Å². The van der Waals surface area contributed by atoms with E-state index in [4.69, 9.17) is 0 Å². The van der Waals surface area contributed by atoms with Gasteiger partial charge in [0.2, 0.25) is 0 Å². The predicted octanol–water partition coefficient (Wildman–Crippen LogP) is 1.38. The maximum absolute atomic E-state index is 11.1. The molecule has 0 radical (unpaired) electrons. The smallest absolute Gasteiger partial charge is 0.199 e. The summed E-state index contributed by atoms with van der Waals surface area (Å²) in [6.07, 6.45) is 0. The van der Waals surface area contributed by atoms with Gasteiger partial charge in [-0.25, -0.2) is 0 Å². The average molecular weight is 183 g/mol. The molecule has 0 aliphatic heterocycles. The molecule has 0 aromatic heterocycles. The molecule has 0 spiro atoms. The van der Waals surface area contributed by atoms with Gasteiger partial charge in [0, 0.05) is 6.72 Å². The van der Waals surface area contributed by atoms with Crippen LogP contribution in [-0.2, 0) is 10.0 Å². The maximum atomic E-state index is 11.1. The van der Waals surface area contributed by atoms with E-state index < -0.39 is 10.0 Å². The lowest BCUT2D eigenvalue weighted by molar-refractivity contribution is 0.598. The van der Waals surface area contributed by atoms with Gasteiger partial charge < -0.3 is 0 Å². The van der Waals surface area contributed by atoms with Gasteiger partial charge in [0.1, 0.15) is 0 Å². The van der Waals surface area contributed by atoms with Gasteiger partial charge >= 0.3 is 0 Å². The summed E-state index contributed by atoms with van der Waals surface area (Å²) in [6.45, 7) is 4.88. The zero-order valence-electron chi connectivity index (χ0n) is 6.69. The Morgan fingerprint density at radius 1 is 1.25 bits per heavy atom. The number of hydrogen-bond donors (Lipinski definition) is 0. The van der Waals surface area contributed by atoms with Crippen LogP contribution >= 0.6 is 0 Å². The molecule has 0 saturated heterocycles. The van der Waals surface area contributed by atoms with Crippen LogP contribution in [0.25, 0.3) is 0 Å². The molecule has 0 saturated carbocycles. The molecule has 4 heteroatoms. The molecule has 0 aliphatic rings. The van der Waals surface area contributed by atoms with Crippen molar-refractivity contribution in [2.45, 2.75) is 11.8 Å². The summed E-state index contributed by atoms with van der Waals surface area (Å²) in [6, 6.07) is 6.47. The number of hydrogen-bond acceptors (Lipinski definition) is 2. The van der Waals surface area contributed by atoms with Crippen molar-refractivity contribution in [3.05, 3.63) is 29.8 Å². The first kappa shape index (κ1) is 8.93. The van der Waals surface area contributed by atoms with Crippen molar-refractivity contribution in [1.29, 1.82) is 0 Å². The van der Waals surface area contributed by atoms with Gasteiger partial charge in [0.05, 0.1) is 4.90 Å². The van der Waals surface area contributed by atoms with Gasteiger partial charge in [-0.2, -0.15) is 12.8 Å². The van der Waals surface area contributed by atoms with E-state index in [1.54, 1.807) is 12.1 Å². The highest BCUT2D eigenvalue weighted by Gasteiger charge is 2.08. The topological polar surface area (TPSA) is 46.5 Å². The van der Waals surface area contributed by atoms with Crippen LogP contribution in [0.5, 0.6) is 0 Å². The third-order valence-corrected chi connectivity index (χ3v) is 2.70. The second-order valence-electron chi connectivity index (χ2n) is 2.42. The summed E-state index contributed by atoms with van der Waals surface area (Å²) in [5, 5.41) is 0. The van der Waals surface area contributed by atoms with Crippen molar-refractivity contribution in [2.24, 2.45) is 4.40 Å². The molecule has 0 bridgehead atoms. The van der Waals surface area contributed by atoms with E-state index in [1.807, 2.05) is 6.92 Å². The molecule has 0 unspecified atom stereocenters. The molecule has 0 N–H and O–H groups in total. The average Bonchev–Trinajstić information content (AvgIpc) is 2.05. The molecule has 1 aromatic carbocycles. The molecule has 12 heavy (non-hydrogen) atoms. The molecular weight excluding hydrogens is 174 g/mol. The Balaban J connectivity index is 3.23. The molecule has 0 fully saturated rings. The number of aryl methyl sites for hydroxylation is 1. The van der Waals surface area contributed by atoms with Crippen molar-refractivity contribution >= 4 is 16.7 Å². The second kappa shape index (κ2) is 3.06. The van der Waals surface area contributed by atoms with Gasteiger partial charge in [0.25, 0.3) is 10.0 Å². The van der Waals surface area contributed by atoms with Crippen LogP contribution in [-0.4, -0.2) is 15.1 Å². The molecule has 0 aliphatic carbocycles. The van der Waals surface area contributed by atoms with Crippen molar-refractivity contribution in [3.8, 4) is 0 Å². The van der Waals surface area contributed by atoms with E-state index in [2.05, 4.69) is 11.1 Å². The summed E-state index contributed by atoms with van der Waals surface area (Å²) in [5.74, 6) is 0. The normalized spacial score (nSPS) is 11.1. The van der Waals surface area contributed by atoms with Gasteiger partial charge in [-0.15, -0.1) is 0 Å². The van der Waals surface area contributed by atoms with Gasteiger partial charge in [-0.05, 0) is 19.1 Å². The Morgan fingerprint density at radius 3 is 2.17 bits per heavy atom. The van der Waals surface area contributed by atoms with Crippen LogP contribution in [0, 0.1) is 6.92 Å².